The Morgan fingerprint density at radius 1 is 1.30 bits per heavy atom. The Morgan fingerprint density at radius 2 is 2.00 bits per heavy atom. The van der Waals surface area contributed by atoms with Gasteiger partial charge in [0.05, 0.1) is 18.0 Å². The van der Waals surface area contributed by atoms with Gasteiger partial charge in [0.15, 0.2) is 0 Å². The van der Waals surface area contributed by atoms with Crippen LogP contribution in [0.1, 0.15) is 39.0 Å². The molecule has 2 N–H and O–H groups in total. The monoisotopic (exact) mass is 374 g/mol. The maximum atomic E-state index is 11.6. The zero-order valence-electron chi connectivity index (χ0n) is 17.0. The average Bonchev–Trinajstić information content (AvgIpc) is 2.97. The molecular weight excluding hydrogens is 344 g/mol. The number of aliphatic hydroxyl groups excluding tert-OH is 1. The number of carbonyl (C=O) groups excluding carboxylic acids is 1. The molecule has 1 aromatic heterocycles. The quantitative estimate of drug-likeness (QED) is 0.779. The molecule has 7 heteroatoms. The molecule has 2 rings (SSSR count). The maximum absolute atomic E-state index is 11.6. The molecule has 148 valence electrons. The van der Waals surface area contributed by atoms with Crippen molar-refractivity contribution in [2.24, 2.45) is 0 Å². The van der Waals surface area contributed by atoms with Gasteiger partial charge in [0.25, 0.3) is 0 Å². The van der Waals surface area contributed by atoms with Gasteiger partial charge in [-0.3, -0.25) is 4.79 Å². The predicted molar refractivity (Wildman–Crippen MR) is 107 cm³/mol. The Kier molecular flexibility index (Phi) is 6.62. The number of amides is 1. The zero-order chi connectivity index (χ0) is 20.2. The van der Waals surface area contributed by atoms with Crippen molar-refractivity contribution >= 4 is 11.7 Å². The lowest BCUT2D eigenvalue weighted by atomic mass is 9.92. The normalized spacial score (nSPS) is 11.7. The number of likely N-dealkylation sites (N-methyl/N-ethyl adjacent to an activating group) is 1. The van der Waals surface area contributed by atoms with E-state index in [-0.39, 0.29) is 17.9 Å². The minimum atomic E-state index is -0.161. The Labute approximate surface area is 160 Å². The van der Waals surface area contributed by atoms with Crippen LogP contribution in [0.3, 0.4) is 0 Å². The van der Waals surface area contributed by atoms with Crippen molar-refractivity contribution in [3.63, 3.8) is 0 Å². The van der Waals surface area contributed by atoms with Crippen molar-refractivity contribution in [1.82, 2.24) is 14.7 Å². The average molecular weight is 374 g/mol. The molecule has 0 bridgehead atoms. The van der Waals surface area contributed by atoms with Gasteiger partial charge in [-0.05, 0) is 20.2 Å². The minimum absolute atomic E-state index is 0.109. The highest BCUT2D eigenvalue weighted by atomic mass is 16.5. The van der Waals surface area contributed by atoms with Crippen LogP contribution in [0.4, 0.5) is 5.82 Å². The lowest BCUT2D eigenvalue weighted by molar-refractivity contribution is -0.114. The molecule has 0 aliphatic rings. The van der Waals surface area contributed by atoms with E-state index in [1.165, 1.54) is 6.92 Å². The summed E-state index contributed by atoms with van der Waals surface area (Å²) >= 11 is 0. The molecule has 0 atom stereocenters. The second-order valence-corrected chi connectivity index (χ2v) is 7.86. The largest absolute Gasteiger partial charge is 0.492 e. The number of benzene rings is 1. The first-order valence-electron chi connectivity index (χ1n) is 9.01. The Bertz CT molecular complexity index is 791. The van der Waals surface area contributed by atoms with Crippen LogP contribution < -0.4 is 10.1 Å². The fourth-order valence-electron chi connectivity index (χ4n) is 2.49. The molecular formula is C20H30N4O3. The zero-order valence-corrected chi connectivity index (χ0v) is 17.0. The van der Waals surface area contributed by atoms with Crippen LogP contribution in [0.25, 0.3) is 5.69 Å². The molecule has 1 aromatic carbocycles. The molecule has 0 saturated carbocycles. The highest BCUT2D eigenvalue weighted by Gasteiger charge is 2.21. The SMILES string of the molecule is CC(=O)Nc1cc(C(C)(C)C)nn1-c1ccc(CO)c(OCCN(C)C)c1. The molecule has 0 saturated heterocycles. The smallest absolute Gasteiger partial charge is 0.222 e. The van der Waals surface area contributed by atoms with Gasteiger partial charge in [-0.2, -0.15) is 5.10 Å². The van der Waals surface area contributed by atoms with E-state index in [1.807, 2.05) is 43.3 Å². The third-order valence-corrected chi connectivity index (χ3v) is 4.04. The van der Waals surface area contributed by atoms with Crippen LogP contribution in [0.15, 0.2) is 24.3 Å². The Hall–Kier alpha value is -2.38. The van der Waals surface area contributed by atoms with Gasteiger partial charge in [-0.25, -0.2) is 4.68 Å². The van der Waals surface area contributed by atoms with Gasteiger partial charge in [0.2, 0.25) is 5.91 Å². The van der Waals surface area contributed by atoms with Crippen molar-refractivity contribution in [2.75, 3.05) is 32.6 Å². The number of carbonyl (C=O) groups is 1. The fraction of sp³-hybridized carbons (Fsp3) is 0.500. The molecule has 0 aliphatic heterocycles. The Balaban J connectivity index is 2.43. The highest BCUT2D eigenvalue weighted by Crippen LogP contribution is 2.29. The minimum Gasteiger partial charge on any atom is -0.492 e. The fourth-order valence-corrected chi connectivity index (χ4v) is 2.49. The predicted octanol–water partition coefficient (Wildman–Crippen LogP) is 2.56. The number of nitrogens with zero attached hydrogens (tertiary/aromatic N) is 3. The lowest BCUT2D eigenvalue weighted by Crippen LogP contribution is -2.20. The number of ether oxygens (including phenoxy) is 1. The van der Waals surface area contributed by atoms with Crippen LogP contribution in [0, 0.1) is 0 Å². The number of rotatable bonds is 7. The summed E-state index contributed by atoms with van der Waals surface area (Å²) in [6.45, 7) is 8.85. The van der Waals surface area contributed by atoms with Gasteiger partial charge in [-0.1, -0.05) is 26.8 Å². The van der Waals surface area contributed by atoms with E-state index in [9.17, 15) is 9.90 Å². The number of aliphatic hydroxyl groups is 1. The number of hydrogen-bond donors (Lipinski definition) is 2. The van der Waals surface area contributed by atoms with E-state index in [2.05, 4.69) is 31.2 Å². The van der Waals surface area contributed by atoms with Gasteiger partial charge in [0.1, 0.15) is 18.2 Å². The van der Waals surface area contributed by atoms with Gasteiger partial charge < -0.3 is 20.1 Å². The van der Waals surface area contributed by atoms with Crippen LogP contribution in [0.2, 0.25) is 0 Å². The van der Waals surface area contributed by atoms with E-state index in [4.69, 9.17) is 4.74 Å². The van der Waals surface area contributed by atoms with Gasteiger partial charge >= 0.3 is 0 Å². The summed E-state index contributed by atoms with van der Waals surface area (Å²) in [7, 11) is 3.95. The summed E-state index contributed by atoms with van der Waals surface area (Å²) in [6, 6.07) is 7.39. The van der Waals surface area contributed by atoms with Gasteiger partial charge in [0, 0.05) is 36.6 Å². The maximum Gasteiger partial charge on any atom is 0.222 e. The van der Waals surface area contributed by atoms with Crippen molar-refractivity contribution in [2.45, 2.75) is 39.7 Å². The topological polar surface area (TPSA) is 79.6 Å². The molecule has 1 heterocycles. The number of hydrogen-bond acceptors (Lipinski definition) is 5. The second kappa shape index (κ2) is 8.54. The Morgan fingerprint density at radius 3 is 2.56 bits per heavy atom. The summed E-state index contributed by atoms with van der Waals surface area (Å²) < 4.78 is 7.56. The summed E-state index contributed by atoms with van der Waals surface area (Å²) in [5, 5.41) is 17.1. The summed E-state index contributed by atoms with van der Waals surface area (Å²) in [6.07, 6.45) is 0. The molecule has 1 amide bonds. The van der Waals surface area contributed by atoms with Crippen LogP contribution in [-0.4, -0.2) is 52.9 Å². The van der Waals surface area contributed by atoms with Crippen molar-refractivity contribution in [3.05, 3.63) is 35.5 Å². The van der Waals surface area contributed by atoms with E-state index < -0.39 is 0 Å². The molecule has 0 spiro atoms. The molecule has 7 nitrogen and oxygen atoms in total. The van der Waals surface area contributed by atoms with Crippen LogP contribution >= 0.6 is 0 Å². The van der Waals surface area contributed by atoms with E-state index in [0.29, 0.717) is 23.7 Å². The first-order chi connectivity index (χ1) is 12.6. The first kappa shape index (κ1) is 20.9. The summed E-state index contributed by atoms with van der Waals surface area (Å²) in [4.78, 5) is 13.6. The lowest BCUT2D eigenvalue weighted by Gasteiger charge is -2.16. The summed E-state index contributed by atoms with van der Waals surface area (Å²) in [5.74, 6) is 1.05. The third kappa shape index (κ3) is 5.55. The molecule has 0 fully saturated rings. The van der Waals surface area contributed by atoms with Crippen molar-refractivity contribution < 1.29 is 14.6 Å². The molecule has 27 heavy (non-hydrogen) atoms. The number of aromatic nitrogens is 2. The van der Waals surface area contributed by atoms with E-state index >= 15 is 0 Å². The highest BCUT2D eigenvalue weighted by molar-refractivity contribution is 5.88. The van der Waals surface area contributed by atoms with E-state index in [0.717, 1.165) is 17.9 Å². The second-order valence-electron chi connectivity index (χ2n) is 7.86. The van der Waals surface area contributed by atoms with Gasteiger partial charge in [-0.15, -0.1) is 0 Å². The van der Waals surface area contributed by atoms with Crippen molar-refractivity contribution in [1.29, 1.82) is 0 Å². The molecule has 2 aromatic rings. The van der Waals surface area contributed by atoms with Crippen LogP contribution in [-0.2, 0) is 16.8 Å². The molecule has 0 unspecified atom stereocenters. The first-order valence-corrected chi connectivity index (χ1v) is 9.01. The standard InChI is InChI=1S/C20H30N4O3/c1-14(26)21-19-12-18(20(2,3)4)22-24(19)16-8-7-15(13-25)17(11-16)27-10-9-23(5)6/h7-8,11-12,25H,9-10,13H2,1-6H3,(H,21,26). The number of anilines is 1. The number of nitrogens with one attached hydrogen (secondary N) is 1. The van der Waals surface area contributed by atoms with Crippen LogP contribution in [0.5, 0.6) is 5.75 Å². The molecule has 0 aliphatic carbocycles. The third-order valence-electron chi connectivity index (χ3n) is 4.04. The van der Waals surface area contributed by atoms with Crippen molar-refractivity contribution in [3.8, 4) is 11.4 Å². The summed E-state index contributed by atoms with van der Waals surface area (Å²) in [5.41, 5.74) is 2.18. The molecule has 0 radical (unpaired) electrons. The van der Waals surface area contributed by atoms with E-state index in [1.54, 1.807) is 4.68 Å².